The Morgan fingerprint density at radius 3 is 1.58 bits per heavy atom. The van der Waals surface area contributed by atoms with Gasteiger partial charge in [0.2, 0.25) is 0 Å². The number of aliphatic hydroxyl groups is 2. The van der Waals surface area contributed by atoms with Gasteiger partial charge in [-0.05, 0) is 96.1 Å². The van der Waals surface area contributed by atoms with E-state index in [9.17, 15) is 15.0 Å². The number of hydrogen-bond donors (Lipinski definition) is 2. The molecule has 0 aromatic heterocycles. The topological polar surface area (TPSA) is 88.5 Å². The average Bonchev–Trinajstić information content (AvgIpc) is 4.00. The van der Waals surface area contributed by atoms with Crippen molar-refractivity contribution in [1.82, 2.24) is 4.90 Å². The van der Waals surface area contributed by atoms with Gasteiger partial charge in [-0.3, -0.25) is 4.79 Å². The molecule has 1 aliphatic rings. The monoisotopic (exact) mass is 754 g/mol. The average molecular weight is 754 g/mol. The van der Waals surface area contributed by atoms with Crippen molar-refractivity contribution in [1.29, 1.82) is 0 Å². The fourth-order valence-electron chi connectivity index (χ4n) is 7.51. The quantitative estimate of drug-likeness (QED) is 0.0364. The van der Waals surface area contributed by atoms with Gasteiger partial charge >= 0.3 is 5.97 Å². The second kappa shape index (κ2) is 38.2. The Morgan fingerprint density at radius 2 is 1.04 bits per heavy atom. The van der Waals surface area contributed by atoms with Gasteiger partial charge in [-0.15, -0.1) is 0 Å². The van der Waals surface area contributed by atoms with E-state index in [2.05, 4.69) is 25.7 Å². The number of ether oxygens (including phenoxy) is 3. The molecule has 0 spiro atoms. The van der Waals surface area contributed by atoms with Gasteiger partial charge in [-0.2, -0.15) is 0 Å². The van der Waals surface area contributed by atoms with Crippen LogP contribution < -0.4 is 0 Å². The molecule has 2 atom stereocenters. The van der Waals surface area contributed by atoms with E-state index in [1.807, 2.05) is 0 Å². The zero-order valence-electron chi connectivity index (χ0n) is 35.7. The molecule has 316 valence electrons. The standard InChI is InChI=1S/C46H91NO6/c1-4-7-10-13-16-22-29-43(30-23-17-14-11-8-5-2)53-46(50)31-24-18-15-19-25-36-47(38-39-48)37-26-20-21-28-41-52-45(49)35-34-44(42-32-33-42)51-40-27-12-9-6-3/h42-45,48-49H,4-41H2,1-3H3. The molecule has 0 heterocycles. The van der Waals surface area contributed by atoms with E-state index >= 15 is 0 Å². The lowest BCUT2D eigenvalue weighted by Crippen LogP contribution is -2.29. The SMILES string of the molecule is CCCCCCCCC(CCCCCCCC)OC(=O)CCCCCCCN(CCO)CCCCCCOC(O)CCC(OCCCCCC)C1CC1. The molecule has 0 aliphatic heterocycles. The number of nitrogens with zero attached hydrogens (tertiary/aromatic N) is 1. The van der Waals surface area contributed by atoms with Crippen LogP contribution in [0.4, 0.5) is 0 Å². The molecule has 0 aromatic rings. The Labute approximate surface area is 329 Å². The maximum atomic E-state index is 12.7. The highest BCUT2D eigenvalue weighted by Gasteiger charge is 2.32. The van der Waals surface area contributed by atoms with E-state index < -0.39 is 6.29 Å². The fourth-order valence-corrected chi connectivity index (χ4v) is 7.51. The van der Waals surface area contributed by atoms with Gasteiger partial charge < -0.3 is 29.3 Å². The zero-order valence-corrected chi connectivity index (χ0v) is 35.7. The first-order valence-electron chi connectivity index (χ1n) is 23.5. The number of aliphatic hydroxyl groups excluding tert-OH is 2. The van der Waals surface area contributed by atoms with Crippen LogP contribution in [0.5, 0.6) is 0 Å². The first-order valence-corrected chi connectivity index (χ1v) is 23.5. The van der Waals surface area contributed by atoms with E-state index in [4.69, 9.17) is 14.2 Å². The fraction of sp³-hybridized carbons (Fsp3) is 0.978. The Hall–Kier alpha value is -0.730. The lowest BCUT2D eigenvalue weighted by molar-refractivity contribution is -0.150. The second-order valence-electron chi connectivity index (χ2n) is 16.4. The number of rotatable bonds is 43. The van der Waals surface area contributed by atoms with Crippen LogP contribution in [0.1, 0.15) is 226 Å². The Balaban J connectivity index is 2.10. The lowest BCUT2D eigenvalue weighted by atomic mass is 10.0. The van der Waals surface area contributed by atoms with Crippen LogP contribution in [0.3, 0.4) is 0 Å². The normalized spacial score (nSPS) is 14.4. The second-order valence-corrected chi connectivity index (χ2v) is 16.4. The maximum Gasteiger partial charge on any atom is 0.306 e. The van der Waals surface area contributed by atoms with Crippen LogP contribution in [0.25, 0.3) is 0 Å². The Kier molecular flexibility index (Phi) is 36.2. The molecule has 53 heavy (non-hydrogen) atoms. The van der Waals surface area contributed by atoms with Gasteiger partial charge in [-0.1, -0.05) is 136 Å². The minimum absolute atomic E-state index is 0.0137. The molecule has 0 saturated heterocycles. The minimum Gasteiger partial charge on any atom is -0.462 e. The van der Waals surface area contributed by atoms with E-state index in [0.29, 0.717) is 31.5 Å². The molecule has 0 radical (unpaired) electrons. The molecule has 2 unspecified atom stereocenters. The predicted octanol–water partition coefficient (Wildman–Crippen LogP) is 12.1. The highest BCUT2D eigenvalue weighted by molar-refractivity contribution is 5.69. The number of esters is 1. The number of hydrogen-bond acceptors (Lipinski definition) is 7. The first kappa shape index (κ1) is 50.3. The maximum absolute atomic E-state index is 12.7. The Morgan fingerprint density at radius 1 is 0.566 bits per heavy atom. The molecule has 7 heteroatoms. The molecular formula is C46H91NO6. The van der Waals surface area contributed by atoms with Crippen LogP contribution in [0.2, 0.25) is 0 Å². The van der Waals surface area contributed by atoms with E-state index in [1.54, 1.807) is 0 Å². The first-order chi connectivity index (χ1) is 26.0. The highest BCUT2D eigenvalue weighted by atomic mass is 16.6. The van der Waals surface area contributed by atoms with E-state index in [0.717, 1.165) is 103 Å². The third-order valence-electron chi connectivity index (χ3n) is 11.2. The highest BCUT2D eigenvalue weighted by Crippen LogP contribution is 2.36. The largest absolute Gasteiger partial charge is 0.462 e. The van der Waals surface area contributed by atoms with Crippen molar-refractivity contribution < 1.29 is 29.2 Å². The molecule has 1 aliphatic carbocycles. The smallest absolute Gasteiger partial charge is 0.306 e. The third kappa shape index (κ3) is 33.2. The van der Waals surface area contributed by atoms with Crippen molar-refractivity contribution in [2.24, 2.45) is 5.92 Å². The zero-order chi connectivity index (χ0) is 38.5. The number of carbonyl (C=O) groups is 1. The summed E-state index contributed by atoms with van der Waals surface area (Å²) in [6, 6.07) is 0. The summed E-state index contributed by atoms with van der Waals surface area (Å²) < 4.78 is 17.9. The summed E-state index contributed by atoms with van der Waals surface area (Å²) in [6.45, 7) is 11.2. The van der Waals surface area contributed by atoms with Crippen molar-refractivity contribution in [2.75, 3.05) is 39.5 Å². The summed E-state index contributed by atoms with van der Waals surface area (Å²) in [5.41, 5.74) is 0. The molecule has 7 nitrogen and oxygen atoms in total. The molecule has 0 amide bonds. The van der Waals surface area contributed by atoms with Crippen molar-refractivity contribution in [3.05, 3.63) is 0 Å². The summed E-state index contributed by atoms with van der Waals surface area (Å²) >= 11 is 0. The van der Waals surface area contributed by atoms with Gasteiger partial charge in [-0.25, -0.2) is 0 Å². The van der Waals surface area contributed by atoms with Gasteiger partial charge in [0.05, 0.1) is 12.7 Å². The van der Waals surface area contributed by atoms with Crippen LogP contribution in [0, 0.1) is 5.92 Å². The van der Waals surface area contributed by atoms with Gasteiger partial charge in [0.15, 0.2) is 6.29 Å². The predicted molar refractivity (Wildman–Crippen MR) is 223 cm³/mol. The van der Waals surface area contributed by atoms with Crippen molar-refractivity contribution in [2.45, 2.75) is 245 Å². The van der Waals surface area contributed by atoms with Crippen LogP contribution in [0.15, 0.2) is 0 Å². The molecule has 1 saturated carbocycles. The van der Waals surface area contributed by atoms with Gasteiger partial charge in [0.1, 0.15) is 6.10 Å². The summed E-state index contributed by atoms with van der Waals surface area (Å²) in [6.07, 6.45) is 36.6. The van der Waals surface area contributed by atoms with Crippen molar-refractivity contribution in [3.63, 3.8) is 0 Å². The minimum atomic E-state index is -0.680. The molecule has 2 N–H and O–H groups in total. The summed E-state index contributed by atoms with van der Waals surface area (Å²) in [5.74, 6) is 0.706. The molecule has 0 aromatic carbocycles. The van der Waals surface area contributed by atoms with Gasteiger partial charge in [0.25, 0.3) is 0 Å². The molecule has 1 rings (SSSR count). The van der Waals surface area contributed by atoms with Crippen LogP contribution >= 0.6 is 0 Å². The van der Waals surface area contributed by atoms with E-state index in [1.165, 1.54) is 116 Å². The Bertz CT molecular complexity index is 748. The van der Waals surface area contributed by atoms with Crippen molar-refractivity contribution in [3.8, 4) is 0 Å². The van der Waals surface area contributed by atoms with Gasteiger partial charge in [0, 0.05) is 32.6 Å². The molecule has 1 fully saturated rings. The summed E-state index contributed by atoms with van der Waals surface area (Å²) in [5, 5.41) is 19.9. The molecular weight excluding hydrogens is 663 g/mol. The number of carbonyl (C=O) groups excluding carboxylic acids is 1. The summed E-state index contributed by atoms with van der Waals surface area (Å²) in [7, 11) is 0. The van der Waals surface area contributed by atoms with Crippen molar-refractivity contribution >= 4 is 5.97 Å². The lowest BCUT2D eigenvalue weighted by Gasteiger charge is -2.21. The third-order valence-corrected chi connectivity index (χ3v) is 11.2. The summed E-state index contributed by atoms with van der Waals surface area (Å²) in [4.78, 5) is 15.1. The van der Waals surface area contributed by atoms with Crippen LogP contribution in [-0.2, 0) is 19.0 Å². The van der Waals surface area contributed by atoms with Crippen LogP contribution in [-0.4, -0.2) is 79.0 Å². The number of unbranched alkanes of at least 4 members (excludes halogenated alkanes) is 20. The van der Waals surface area contributed by atoms with E-state index in [-0.39, 0.29) is 18.7 Å². The molecule has 0 bridgehead atoms.